The number of carbonyl (C=O) groups excluding carboxylic acids is 1. The van der Waals surface area contributed by atoms with Crippen molar-refractivity contribution in [1.29, 1.82) is 0 Å². The zero-order chi connectivity index (χ0) is 33.3. The van der Waals surface area contributed by atoms with Crippen LogP contribution in [0.1, 0.15) is 118 Å². The van der Waals surface area contributed by atoms with E-state index in [-0.39, 0.29) is 29.3 Å². The van der Waals surface area contributed by atoms with Crippen LogP contribution in [-0.2, 0) is 22.4 Å². The third-order valence-electron chi connectivity index (χ3n) is 9.35. The number of rotatable bonds is 17. The van der Waals surface area contributed by atoms with Gasteiger partial charge in [0.25, 0.3) is 0 Å². The van der Waals surface area contributed by atoms with Gasteiger partial charge in [0.2, 0.25) is 0 Å². The van der Waals surface area contributed by atoms with Crippen molar-refractivity contribution in [2.45, 2.75) is 120 Å². The number of hydrogen-bond acceptors (Lipinski definition) is 5. The van der Waals surface area contributed by atoms with Crippen LogP contribution < -0.4 is 4.74 Å². The zero-order valence-corrected chi connectivity index (χ0v) is 29.7. The Morgan fingerprint density at radius 2 is 1.67 bits per heavy atom. The van der Waals surface area contributed by atoms with Crippen LogP contribution in [-0.4, -0.2) is 30.9 Å². The monoisotopic (exact) mass is 620 g/mol. The Balaban J connectivity index is 1.52. The number of aliphatic hydroxyl groups excluding tert-OH is 1. The first-order chi connectivity index (χ1) is 21.2. The van der Waals surface area contributed by atoms with Crippen LogP contribution in [0.3, 0.4) is 0 Å². The lowest BCUT2D eigenvalue weighted by atomic mass is 9.61. The molecule has 0 aliphatic rings. The van der Waals surface area contributed by atoms with Crippen LogP contribution in [0.4, 0.5) is 0 Å². The lowest BCUT2D eigenvalue weighted by Gasteiger charge is -2.43. The SMILES string of the molecule is CCCCCc1ccc(-c2cc3ccc(OCC(CO)CCCCOC(=O)C(C)(CC(C)(C)C)C(C)(C)C)cc3o2)c(CC)c1. The summed E-state index contributed by atoms with van der Waals surface area (Å²) < 4.78 is 18.2. The fraction of sp³-hybridized carbons (Fsp3) is 0.625. The maximum atomic E-state index is 13.2. The number of esters is 1. The summed E-state index contributed by atoms with van der Waals surface area (Å²) in [5.41, 5.74) is 3.93. The standard InChI is InChI=1S/C40H60O5/c1-10-12-13-16-29-18-21-34(31(11-2)23-29)36-24-32-19-20-33(25-35(32)45-36)44-27-30(26-41)17-14-15-22-43-37(42)40(9,39(6,7)8)28-38(3,4)5/h18-21,23-25,30,41H,10-17,22,26-28H2,1-9H3. The average Bonchev–Trinajstić information content (AvgIpc) is 3.40. The van der Waals surface area contributed by atoms with Gasteiger partial charge in [0.15, 0.2) is 0 Å². The Morgan fingerprint density at radius 1 is 0.911 bits per heavy atom. The summed E-state index contributed by atoms with van der Waals surface area (Å²) in [4.78, 5) is 13.2. The Kier molecular flexibility index (Phi) is 13.2. The van der Waals surface area contributed by atoms with E-state index in [0.717, 1.165) is 66.6 Å². The van der Waals surface area contributed by atoms with E-state index in [9.17, 15) is 9.90 Å². The predicted molar refractivity (Wildman–Crippen MR) is 187 cm³/mol. The van der Waals surface area contributed by atoms with Crippen LogP contribution in [0.15, 0.2) is 46.9 Å². The van der Waals surface area contributed by atoms with E-state index < -0.39 is 5.41 Å². The van der Waals surface area contributed by atoms with Gasteiger partial charge in [-0.1, -0.05) is 86.4 Å². The predicted octanol–water partition coefficient (Wildman–Crippen LogP) is 10.6. The molecule has 250 valence electrons. The summed E-state index contributed by atoms with van der Waals surface area (Å²) in [6.07, 6.45) is 9.00. The number of aryl methyl sites for hydroxylation is 2. The fourth-order valence-electron chi connectivity index (χ4n) is 6.15. The van der Waals surface area contributed by atoms with Crippen molar-refractivity contribution < 1.29 is 23.8 Å². The van der Waals surface area contributed by atoms with Gasteiger partial charge in [-0.25, -0.2) is 0 Å². The average molecular weight is 621 g/mol. The lowest BCUT2D eigenvalue weighted by Crippen LogP contribution is -2.44. The second-order valence-electron chi connectivity index (χ2n) is 15.4. The molecule has 0 bridgehead atoms. The van der Waals surface area contributed by atoms with Gasteiger partial charge in [-0.05, 0) is 92.0 Å². The number of carbonyl (C=O) groups is 1. The molecule has 0 spiro atoms. The van der Waals surface area contributed by atoms with Gasteiger partial charge in [-0.2, -0.15) is 0 Å². The summed E-state index contributed by atoms with van der Waals surface area (Å²) in [5, 5.41) is 11.0. The van der Waals surface area contributed by atoms with Gasteiger partial charge < -0.3 is 19.0 Å². The van der Waals surface area contributed by atoms with Crippen LogP contribution >= 0.6 is 0 Å². The van der Waals surface area contributed by atoms with E-state index in [1.54, 1.807) is 0 Å². The van der Waals surface area contributed by atoms with Gasteiger partial charge in [-0.15, -0.1) is 0 Å². The molecule has 2 atom stereocenters. The second-order valence-corrected chi connectivity index (χ2v) is 15.4. The van der Waals surface area contributed by atoms with Crippen molar-refractivity contribution in [2.24, 2.45) is 22.2 Å². The summed E-state index contributed by atoms with van der Waals surface area (Å²) in [6, 6.07) is 14.8. The van der Waals surface area contributed by atoms with E-state index in [0.29, 0.717) is 13.2 Å². The fourth-order valence-corrected chi connectivity index (χ4v) is 6.15. The highest BCUT2D eigenvalue weighted by Crippen LogP contribution is 2.47. The molecule has 0 aliphatic carbocycles. The number of aliphatic hydroxyl groups is 1. The van der Waals surface area contributed by atoms with Gasteiger partial charge in [0, 0.05) is 29.5 Å². The molecule has 1 aromatic heterocycles. The lowest BCUT2D eigenvalue weighted by molar-refractivity contribution is -0.165. The van der Waals surface area contributed by atoms with Crippen molar-refractivity contribution in [2.75, 3.05) is 19.8 Å². The molecule has 1 heterocycles. The largest absolute Gasteiger partial charge is 0.493 e. The highest BCUT2D eigenvalue weighted by atomic mass is 16.5. The molecule has 0 saturated heterocycles. The number of ether oxygens (including phenoxy) is 2. The summed E-state index contributed by atoms with van der Waals surface area (Å²) in [6.45, 7) is 20.2. The molecule has 45 heavy (non-hydrogen) atoms. The van der Waals surface area contributed by atoms with Gasteiger partial charge in [0.1, 0.15) is 17.1 Å². The third kappa shape index (κ3) is 10.4. The summed E-state index contributed by atoms with van der Waals surface area (Å²) >= 11 is 0. The van der Waals surface area contributed by atoms with E-state index in [1.165, 1.54) is 30.4 Å². The van der Waals surface area contributed by atoms with Gasteiger partial charge in [-0.3, -0.25) is 4.79 Å². The smallest absolute Gasteiger partial charge is 0.312 e. The molecule has 0 aliphatic heterocycles. The van der Waals surface area contributed by atoms with Crippen molar-refractivity contribution >= 4 is 16.9 Å². The van der Waals surface area contributed by atoms with Gasteiger partial charge in [0.05, 0.1) is 18.6 Å². The molecule has 0 fully saturated rings. The van der Waals surface area contributed by atoms with Crippen LogP contribution in [0.5, 0.6) is 5.75 Å². The highest BCUT2D eigenvalue weighted by molar-refractivity contribution is 5.84. The summed E-state index contributed by atoms with van der Waals surface area (Å²) in [7, 11) is 0. The molecule has 5 nitrogen and oxygen atoms in total. The van der Waals surface area contributed by atoms with E-state index >= 15 is 0 Å². The van der Waals surface area contributed by atoms with E-state index in [2.05, 4.69) is 79.7 Å². The molecular formula is C40H60O5. The molecule has 2 aromatic carbocycles. The number of unbranched alkanes of at least 4 members (excludes halogenated alkanes) is 3. The van der Waals surface area contributed by atoms with E-state index in [4.69, 9.17) is 13.9 Å². The topological polar surface area (TPSA) is 68.9 Å². The Hall–Kier alpha value is -2.79. The number of hydrogen-bond donors (Lipinski definition) is 1. The van der Waals surface area contributed by atoms with Crippen molar-refractivity contribution in [3.8, 4) is 17.1 Å². The Bertz CT molecular complexity index is 1360. The zero-order valence-electron chi connectivity index (χ0n) is 29.7. The molecular weight excluding hydrogens is 560 g/mol. The van der Waals surface area contributed by atoms with Crippen molar-refractivity contribution in [3.63, 3.8) is 0 Å². The minimum absolute atomic E-state index is 0.00671. The summed E-state index contributed by atoms with van der Waals surface area (Å²) in [5.74, 6) is 1.51. The highest BCUT2D eigenvalue weighted by Gasteiger charge is 2.47. The second kappa shape index (κ2) is 16.2. The van der Waals surface area contributed by atoms with Crippen molar-refractivity contribution in [1.82, 2.24) is 0 Å². The van der Waals surface area contributed by atoms with Crippen LogP contribution in [0, 0.1) is 22.2 Å². The maximum Gasteiger partial charge on any atom is 0.312 e. The molecule has 2 unspecified atom stereocenters. The maximum absolute atomic E-state index is 13.2. The van der Waals surface area contributed by atoms with E-state index in [1.807, 2.05) is 25.1 Å². The van der Waals surface area contributed by atoms with Crippen LogP contribution in [0.25, 0.3) is 22.3 Å². The third-order valence-corrected chi connectivity index (χ3v) is 9.35. The molecule has 1 N–H and O–H groups in total. The quantitative estimate of drug-likeness (QED) is 0.120. The molecule has 5 heteroatoms. The van der Waals surface area contributed by atoms with Crippen LogP contribution in [0.2, 0.25) is 0 Å². The Labute approximate surface area is 273 Å². The normalized spacial score (nSPS) is 14.4. The molecule has 3 rings (SSSR count). The molecule has 3 aromatic rings. The minimum atomic E-state index is -0.556. The number of furan rings is 1. The first kappa shape index (κ1) is 36.7. The number of fused-ring (bicyclic) bond motifs is 1. The van der Waals surface area contributed by atoms with Gasteiger partial charge >= 0.3 is 5.97 Å². The van der Waals surface area contributed by atoms with Crippen molar-refractivity contribution in [3.05, 3.63) is 53.6 Å². The molecule has 0 radical (unpaired) electrons. The Morgan fingerprint density at radius 3 is 2.31 bits per heavy atom. The number of benzene rings is 2. The minimum Gasteiger partial charge on any atom is -0.493 e. The molecule has 0 saturated carbocycles. The molecule has 0 amide bonds. The first-order valence-electron chi connectivity index (χ1n) is 17.3. The first-order valence-corrected chi connectivity index (χ1v) is 17.3.